The highest BCUT2D eigenvalue weighted by Crippen LogP contribution is 2.36. The summed E-state index contributed by atoms with van der Waals surface area (Å²) in [5, 5.41) is 2.66. The number of aryl methyl sites for hydroxylation is 1. The molecule has 0 aromatic carbocycles. The van der Waals surface area contributed by atoms with Crippen LogP contribution in [0.25, 0.3) is 17.1 Å². The minimum atomic E-state index is -4.85. The van der Waals surface area contributed by atoms with Crippen LogP contribution in [0.1, 0.15) is 17.8 Å². The largest absolute Gasteiger partial charge is 0.479 e. The topological polar surface area (TPSA) is 115 Å². The van der Waals surface area contributed by atoms with Crippen LogP contribution in [-0.2, 0) is 16.2 Å². The number of piperidine rings is 1. The Balaban J connectivity index is 1.70. The SMILES string of the molecule is COc1nccc(-n2cc(-c3nc(N[C@H]4CCN(S(C)(=O)=O)C[C@H]4F)ncc3C(F)(F)F)nc2C)c1F. The van der Waals surface area contributed by atoms with Crippen molar-refractivity contribution in [2.75, 3.05) is 31.8 Å². The van der Waals surface area contributed by atoms with Crippen LogP contribution in [0.2, 0.25) is 0 Å². The summed E-state index contributed by atoms with van der Waals surface area (Å²) < 4.78 is 101. The first-order valence-electron chi connectivity index (χ1n) is 10.8. The monoisotopic (exact) mass is 547 g/mol. The third-order valence-electron chi connectivity index (χ3n) is 5.80. The number of methoxy groups -OCH3 is 1. The summed E-state index contributed by atoms with van der Waals surface area (Å²) in [4.78, 5) is 15.5. The Bertz CT molecular complexity index is 1410. The highest BCUT2D eigenvalue weighted by atomic mass is 32.2. The summed E-state index contributed by atoms with van der Waals surface area (Å²) in [5.41, 5.74) is -2.08. The first-order valence-corrected chi connectivity index (χ1v) is 12.7. The zero-order chi connectivity index (χ0) is 27.1. The Labute approximate surface area is 208 Å². The van der Waals surface area contributed by atoms with E-state index in [4.69, 9.17) is 4.74 Å². The number of sulfonamides is 1. The second-order valence-corrected chi connectivity index (χ2v) is 10.3. The number of alkyl halides is 4. The third-order valence-corrected chi connectivity index (χ3v) is 7.07. The minimum Gasteiger partial charge on any atom is -0.479 e. The van der Waals surface area contributed by atoms with Gasteiger partial charge in [-0.1, -0.05) is 0 Å². The summed E-state index contributed by atoms with van der Waals surface area (Å²) in [6, 6.07) is 0.373. The van der Waals surface area contributed by atoms with E-state index >= 15 is 0 Å². The molecule has 10 nitrogen and oxygen atoms in total. The summed E-state index contributed by atoms with van der Waals surface area (Å²) in [7, 11) is -2.37. The molecule has 0 saturated carbocycles. The van der Waals surface area contributed by atoms with Crippen molar-refractivity contribution in [3.05, 3.63) is 41.9 Å². The van der Waals surface area contributed by atoms with Gasteiger partial charge in [0.2, 0.25) is 21.8 Å². The molecule has 1 N–H and O–H groups in total. The molecule has 1 saturated heterocycles. The van der Waals surface area contributed by atoms with Gasteiger partial charge >= 0.3 is 6.18 Å². The van der Waals surface area contributed by atoms with Gasteiger partial charge < -0.3 is 14.6 Å². The predicted octanol–water partition coefficient (Wildman–Crippen LogP) is 2.98. The summed E-state index contributed by atoms with van der Waals surface area (Å²) in [5.74, 6) is -1.29. The minimum absolute atomic E-state index is 0.0228. The molecule has 0 aliphatic carbocycles. The quantitative estimate of drug-likeness (QED) is 0.469. The fourth-order valence-electron chi connectivity index (χ4n) is 3.93. The molecule has 3 aromatic rings. The molecule has 200 valence electrons. The number of nitrogens with one attached hydrogen (secondary N) is 1. The fourth-order valence-corrected chi connectivity index (χ4v) is 4.78. The van der Waals surface area contributed by atoms with Crippen molar-refractivity contribution in [3.8, 4) is 23.0 Å². The Morgan fingerprint density at radius 3 is 2.57 bits per heavy atom. The van der Waals surface area contributed by atoms with Crippen LogP contribution in [0.5, 0.6) is 5.88 Å². The Morgan fingerprint density at radius 2 is 1.95 bits per heavy atom. The van der Waals surface area contributed by atoms with Crippen molar-refractivity contribution in [2.45, 2.75) is 31.7 Å². The van der Waals surface area contributed by atoms with E-state index in [9.17, 15) is 30.4 Å². The number of aromatic nitrogens is 5. The van der Waals surface area contributed by atoms with Crippen molar-refractivity contribution in [3.63, 3.8) is 0 Å². The van der Waals surface area contributed by atoms with E-state index in [1.807, 2.05) is 0 Å². The van der Waals surface area contributed by atoms with Crippen molar-refractivity contribution < 1.29 is 35.1 Å². The van der Waals surface area contributed by atoms with Gasteiger partial charge in [-0.15, -0.1) is 0 Å². The molecule has 0 radical (unpaired) electrons. The van der Waals surface area contributed by atoms with Crippen LogP contribution in [0, 0.1) is 12.7 Å². The maximum absolute atomic E-state index is 14.8. The average molecular weight is 548 g/mol. The second kappa shape index (κ2) is 9.81. The van der Waals surface area contributed by atoms with E-state index in [1.165, 1.54) is 37.1 Å². The molecular weight excluding hydrogens is 525 g/mol. The maximum atomic E-state index is 14.8. The first kappa shape index (κ1) is 26.7. The van der Waals surface area contributed by atoms with Crippen LogP contribution < -0.4 is 10.1 Å². The lowest BCUT2D eigenvalue weighted by Crippen LogP contribution is -2.49. The van der Waals surface area contributed by atoms with Crippen LogP contribution in [0.15, 0.2) is 24.7 Å². The highest BCUT2D eigenvalue weighted by molar-refractivity contribution is 7.88. The van der Waals surface area contributed by atoms with Crippen LogP contribution in [0.3, 0.4) is 0 Å². The molecule has 1 fully saturated rings. The number of halogens is 5. The molecule has 0 amide bonds. The number of nitrogens with zero attached hydrogens (tertiary/aromatic N) is 6. The molecule has 0 spiro atoms. The predicted molar refractivity (Wildman–Crippen MR) is 122 cm³/mol. The molecule has 3 aromatic heterocycles. The van der Waals surface area contributed by atoms with Gasteiger partial charge in [-0.05, 0) is 19.4 Å². The van der Waals surface area contributed by atoms with Gasteiger partial charge in [0.15, 0.2) is 0 Å². The van der Waals surface area contributed by atoms with Crippen molar-refractivity contribution in [1.82, 2.24) is 28.8 Å². The molecule has 2 atom stereocenters. The fraction of sp³-hybridized carbons (Fsp3) is 0.429. The molecular formula is C21H22F5N7O3S. The average Bonchev–Trinajstić information content (AvgIpc) is 3.20. The normalized spacial score (nSPS) is 19.1. The Morgan fingerprint density at radius 1 is 1.22 bits per heavy atom. The van der Waals surface area contributed by atoms with E-state index in [0.29, 0.717) is 6.20 Å². The lowest BCUT2D eigenvalue weighted by atomic mass is 10.1. The molecule has 0 bridgehead atoms. The van der Waals surface area contributed by atoms with E-state index in [-0.39, 0.29) is 42.0 Å². The molecule has 4 rings (SSSR count). The standard InChI is InChI=1S/C21H22F5N7O3S/c1-11-29-15(10-33(11)16-4-6-27-19(36-2)17(16)23)18-12(21(24,25)26)8-28-20(31-18)30-14-5-7-32(9-13(14)22)37(3,34)35/h4,6,8,10,13-14H,5,7,9H2,1-3H3,(H,28,30,31)/t13-,14+/m1/s1. The number of hydrogen-bond acceptors (Lipinski definition) is 8. The van der Waals surface area contributed by atoms with Gasteiger partial charge in [-0.3, -0.25) is 0 Å². The van der Waals surface area contributed by atoms with E-state index in [2.05, 4.69) is 25.3 Å². The van der Waals surface area contributed by atoms with Gasteiger partial charge in [-0.2, -0.15) is 21.9 Å². The van der Waals surface area contributed by atoms with E-state index in [0.717, 1.165) is 10.6 Å². The molecule has 4 heterocycles. The second-order valence-electron chi connectivity index (χ2n) is 8.33. The zero-order valence-corrected chi connectivity index (χ0v) is 20.6. The maximum Gasteiger partial charge on any atom is 0.420 e. The van der Waals surface area contributed by atoms with E-state index < -0.39 is 52.0 Å². The summed E-state index contributed by atoms with van der Waals surface area (Å²) >= 11 is 0. The highest BCUT2D eigenvalue weighted by Gasteiger charge is 2.37. The summed E-state index contributed by atoms with van der Waals surface area (Å²) in [6.45, 7) is 1.08. The van der Waals surface area contributed by atoms with Crippen molar-refractivity contribution in [1.29, 1.82) is 0 Å². The smallest absolute Gasteiger partial charge is 0.420 e. The number of anilines is 1. The summed E-state index contributed by atoms with van der Waals surface area (Å²) in [6.07, 6.45) is -2.49. The van der Waals surface area contributed by atoms with Gasteiger partial charge in [0.1, 0.15) is 28.9 Å². The molecule has 0 unspecified atom stereocenters. The van der Waals surface area contributed by atoms with Gasteiger partial charge in [0, 0.05) is 31.7 Å². The number of pyridine rings is 1. The number of hydrogen-bond donors (Lipinski definition) is 1. The Hall–Kier alpha value is -3.40. The molecule has 37 heavy (non-hydrogen) atoms. The van der Waals surface area contributed by atoms with Crippen LogP contribution in [-0.4, -0.2) is 75.9 Å². The van der Waals surface area contributed by atoms with Crippen molar-refractivity contribution >= 4 is 16.0 Å². The van der Waals surface area contributed by atoms with Gasteiger partial charge in [0.05, 0.1) is 25.1 Å². The van der Waals surface area contributed by atoms with Crippen LogP contribution >= 0.6 is 0 Å². The Kier molecular flexibility index (Phi) is 7.07. The van der Waals surface area contributed by atoms with Gasteiger partial charge in [-0.25, -0.2) is 32.7 Å². The molecule has 1 aliphatic rings. The first-order chi connectivity index (χ1) is 17.3. The lowest BCUT2D eigenvalue weighted by Gasteiger charge is -2.33. The molecule has 16 heteroatoms. The number of imidazole rings is 1. The van der Waals surface area contributed by atoms with Crippen molar-refractivity contribution in [2.24, 2.45) is 0 Å². The third kappa shape index (κ3) is 5.49. The number of rotatable bonds is 6. The van der Waals surface area contributed by atoms with E-state index in [1.54, 1.807) is 0 Å². The number of ether oxygens (including phenoxy) is 1. The van der Waals surface area contributed by atoms with Gasteiger partial charge in [0.25, 0.3) is 5.88 Å². The lowest BCUT2D eigenvalue weighted by molar-refractivity contribution is -0.137. The zero-order valence-electron chi connectivity index (χ0n) is 19.8. The molecule has 1 aliphatic heterocycles. The van der Waals surface area contributed by atoms with Crippen LogP contribution in [0.4, 0.5) is 27.9 Å².